The second-order valence-electron chi connectivity index (χ2n) is 22.5. The van der Waals surface area contributed by atoms with Gasteiger partial charge in [-0.15, -0.1) is 0 Å². The molecule has 0 aliphatic rings. The van der Waals surface area contributed by atoms with Gasteiger partial charge in [-0.25, -0.2) is 0 Å². The van der Waals surface area contributed by atoms with Gasteiger partial charge < -0.3 is 63.6 Å². The molecule has 0 unspecified atom stereocenters. The average molecular weight is 1200 g/mol. The molecule has 13 N–H and O–H groups in total. The number of nitrogens with one attached hydrogen (secondary N) is 8. The van der Waals surface area contributed by atoms with Crippen LogP contribution in [0.15, 0.2) is 84.9 Å². The van der Waals surface area contributed by atoms with Crippen molar-refractivity contribution in [2.75, 3.05) is 6.54 Å². The summed E-state index contributed by atoms with van der Waals surface area (Å²) in [5, 5.41) is 49.6. The first-order chi connectivity index (χ1) is 40.9. The number of unbranched alkanes of at least 4 members (excludes halogenated alkanes) is 10. The van der Waals surface area contributed by atoms with Crippen molar-refractivity contribution in [2.24, 2.45) is 17.6 Å². The molecule has 9 amide bonds. The van der Waals surface area contributed by atoms with Crippen molar-refractivity contribution in [3.63, 3.8) is 0 Å². The number of amides is 9. The van der Waals surface area contributed by atoms with Crippen LogP contribution in [0.1, 0.15) is 154 Å². The summed E-state index contributed by atoms with van der Waals surface area (Å²) in [6.45, 7) is 8.28. The Bertz CT molecular complexity index is 2660. The molecule has 3 aromatic carbocycles. The number of carbonyl (C=O) groups is 11. The van der Waals surface area contributed by atoms with E-state index in [0.717, 1.165) is 25.7 Å². The van der Waals surface area contributed by atoms with Crippen LogP contribution in [0.25, 0.3) is 0 Å². The zero-order valence-electron chi connectivity index (χ0n) is 50.3. The monoisotopic (exact) mass is 1200 g/mol. The Hall–Kier alpha value is -8.37. The van der Waals surface area contributed by atoms with Gasteiger partial charge in [0.15, 0.2) is 0 Å². The summed E-state index contributed by atoms with van der Waals surface area (Å²) in [7, 11) is 0. The van der Waals surface area contributed by atoms with Gasteiger partial charge in [0, 0.05) is 32.1 Å². The van der Waals surface area contributed by atoms with Crippen molar-refractivity contribution in [3.8, 4) is 5.75 Å². The molecular formula is C63H91N9O14. The molecule has 0 aliphatic carbocycles. The highest BCUT2D eigenvalue weighted by Gasteiger charge is 2.35. The highest BCUT2D eigenvalue weighted by molar-refractivity contribution is 5.98. The van der Waals surface area contributed by atoms with E-state index in [-0.39, 0.29) is 50.2 Å². The molecule has 0 aliphatic heterocycles. The zero-order valence-corrected chi connectivity index (χ0v) is 50.3. The number of aromatic hydroxyl groups is 1. The van der Waals surface area contributed by atoms with E-state index in [2.05, 4.69) is 49.5 Å². The third kappa shape index (κ3) is 28.9. The fraction of sp³-hybridized carbons (Fsp3) is 0.540. The molecule has 0 bridgehead atoms. The molecule has 0 spiro atoms. The maximum atomic E-state index is 14.5. The Morgan fingerprint density at radius 2 is 0.872 bits per heavy atom. The lowest BCUT2D eigenvalue weighted by Gasteiger charge is -2.28. The van der Waals surface area contributed by atoms with E-state index < -0.39 is 133 Å². The summed E-state index contributed by atoms with van der Waals surface area (Å²) in [6.07, 6.45) is 10.1. The maximum absolute atomic E-state index is 14.5. The quantitative estimate of drug-likeness (QED) is 0.0355. The smallest absolute Gasteiger partial charge is 0.305 e. The summed E-state index contributed by atoms with van der Waals surface area (Å²) in [5.74, 6) is -11.0. The number of aliphatic carboxylic acids is 2. The van der Waals surface area contributed by atoms with Crippen LogP contribution in [0.3, 0.4) is 0 Å². The molecule has 3 rings (SSSR count). The van der Waals surface area contributed by atoms with Crippen LogP contribution in [0.5, 0.6) is 5.75 Å². The minimum atomic E-state index is -1.60. The zero-order chi connectivity index (χ0) is 63.6. The predicted octanol–water partition coefficient (Wildman–Crippen LogP) is 4.16. The van der Waals surface area contributed by atoms with E-state index in [1.165, 1.54) is 62.8 Å². The summed E-state index contributed by atoms with van der Waals surface area (Å²) in [4.78, 5) is 147. The second kappa shape index (κ2) is 39.3. The van der Waals surface area contributed by atoms with Crippen molar-refractivity contribution in [3.05, 3.63) is 102 Å². The molecule has 3 aromatic rings. The molecule has 86 heavy (non-hydrogen) atoms. The van der Waals surface area contributed by atoms with E-state index in [1.54, 1.807) is 88.4 Å². The molecule has 0 saturated carbocycles. The first kappa shape index (κ1) is 71.9. The highest BCUT2D eigenvalue weighted by Crippen LogP contribution is 2.16. The van der Waals surface area contributed by atoms with Gasteiger partial charge in [0.05, 0.1) is 13.0 Å². The number of carbonyl (C=O) groups excluding carboxylic acids is 9. The lowest BCUT2D eigenvalue weighted by Crippen LogP contribution is -2.60. The number of phenols is 1. The van der Waals surface area contributed by atoms with E-state index in [1.807, 2.05) is 0 Å². The Labute approximate surface area is 504 Å². The molecule has 7 atom stereocenters. The number of hydrogen-bond donors (Lipinski definition) is 12. The number of carboxylic acid groups (broad SMARTS) is 2. The lowest BCUT2D eigenvalue weighted by molar-refractivity contribution is -0.140. The Kier molecular flexibility index (Phi) is 32.8. The van der Waals surface area contributed by atoms with Crippen molar-refractivity contribution in [2.45, 2.75) is 199 Å². The molecule has 0 radical (unpaired) electrons. The molecule has 0 heterocycles. The van der Waals surface area contributed by atoms with Crippen molar-refractivity contribution >= 4 is 65.1 Å². The first-order valence-electron chi connectivity index (χ1n) is 29.9. The number of benzene rings is 3. The average Bonchev–Trinajstić information content (AvgIpc) is 3.04. The van der Waals surface area contributed by atoms with Gasteiger partial charge in [-0.3, -0.25) is 52.7 Å². The van der Waals surface area contributed by atoms with Gasteiger partial charge in [-0.2, -0.15) is 0 Å². The van der Waals surface area contributed by atoms with Gasteiger partial charge in [-0.05, 0) is 59.9 Å². The normalized spacial score (nSPS) is 13.5. The SMILES string of the molecule is CCCCCCCCCCCCCC(=O)N[C@@H](CCC(=O)O)C(=O)N[C@@H](Cc1ccccc1)C(=O)N[C@@H](CC(C)C)C(=O)N[C@@H](Cc1ccc(O)cc1)C(=O)NCC(=O)N[C@H](C(=O)N[C@@H](Cc1ccccc1)C(=O)N[C@@H](CC(=O)O)C(N)=O)C(C)C. The largest absolute Gasteiger partial charge is 0.508 e. The maximum Gasteiger partial charge on any atom is 0.305 e. The van der Waals surface area contributed by atoms with E-state index in [4.69, 9.17) is 5.73 Å². The summed E-state index contributed by atoms with van der Waals surface area (Å²) in [5.41, 5.74) is 7.04. The van der Waals surface area contributed by atoms with Gasteiger partial charge in [0.1, 0.15) is 48.0 Å². The number of hydrogen-bond acceptors (Lipinski definition) is 12. The standard InChI is InChI=1S/C63H91N9O14/c1-6-7-8-9-10-11-12-13-14-15-22-27-52(74)66-46(32-33-54(76)77)59(82)70-50(35-42-23-18-16-19-24-42)62(85)68-48(34-40(2)3)60(83)69-49(37-44-28-30-45(73)31-29-44)58(81)65-39-53(75)72-56(41(4)5)63(86)71-51(36-43-25-20-17-21-26-43)61(84)67-47(57(64)80)38-55(78)79/h16-21,23-26,28-31,40-41,46-51,56,73H,6-15,22,27,32-39H2,1-5H3,(H2,64,80)(H,65,81)(H,66,74)(H,67,84)(H,68,85)(H,69,83)(H,70,82)(H,71,86)(H,72,75)(H,76,77)(H,78,79)/t46-,47-,48-,49-,50-,51-,56-/m0/s1. The summed E-state index contributed by atoms with van der Waals surface area (Å²) in [6, 6.07) is 13.3. The molecule has 472 valence electrons. The van der Waals surface area contributed by atoms with Crippen LogP contribution in [-0.4, -0.2) is 129 Å². The van der Waals surface area contributed by atoms with E-state index in [9.17, 15) is 68.1 Å². The van der Waals surface area contributed by atoms with Crippen LogP contribution in [0.2, 0.25) is 0 Å². The fourth-order valence-electron chi connectivity index (χ4n) is 9.45. The molecule has 0 saturated heterocycles. The topological polar surface area (TPSA) is 371 Å². The minimum Gasteiger partial charge on any atom is -0.508 e. The van der Waals surface area contributed by atoms with Crippen LogP contribution < -0.4 is 48.3 Å². The van der Waals surface area contributed by atoms with Gasteiger partial charge in [-0.1, -0.05) is 172 Å². The third-order valence-corrected chi connectivity index (χ3v) is 14.2. The van der Waals surface area contributed by atoms with Crippen LogP contribution >= 0.6 is 0 Å². The summed E-state index contributed by atoms with van der Waals surface area (Å²) < 4.78 is 0. The highest BCUT2D eigenvalue weighted by atomic mass is 16.4. The Balaban J connectivity index is 1.81. The van der Waals surface area contributed by atoms with Crippen molar-refractivity contribution < 1.29 is 68.1 Å². The van der Waals surface area contributed by atoms with Crippen molar-refractivity contribution in [1.82, 2.24) is 42.5 Å². The lowest BCUT2D eigenvalue weighted by atomic mass is 9.99. The number of carboxylic acids is 2. The van der Waals surface area contributed by atoms with Gasteiger partial charge in [0.25, 0.3) is 0 Å². The number of primary amides is 1. The summed E-state index contributed by atoms with van der Waals surface area (Å²) >= 11 is 0. The van der Waals surface area contributed by atoms with Crippen LogP contribution in [0.4, 0.5) is 0 Å². The van der Waals surface area contributed by atoms with Gasteiger partial charge >= 0.3 is 11.9 Å². The predicted molar refractivity (Wildman–Crippen MR) is 322 cm³/mol. The molecule has 0 aromatic heterocycles. The second-order valence-corrected chi connectivity index (χ2v) is 22.5. The Morgan fingerprint density at radius 1 is 0.442 bits per heavy atom. The number of phenolic OH excluding ortho intramolecular Hbond substituents is 1. The number of nitrogens with two attached hydrogens (primary N) is 1. The van der Waals surface area contributed by atoms with E-state index >= 15 is 0 Å². The molecular weight excluding hydrogens is 1110 g/mol. The van der Waals surface area contributed by atoms with E-state index in [0.29, 0.717) is 23.1 Å². The van der Waals surface area contributed by atoms with Crippen molar-refractivity contribution in [1.29, 1.82) is 0 Å². The molecule has 23 nitrogen and oxygen atoms in total. The number of rotatable bonds is 42. The third-order valence-electron chi connectivity index (χ3n) is 14.2. The van der Waals surface area contributed by atoms with Crippen LogP contribution in [-0.2, 0) is 72.0 Å². The first-order valence-corrected chi connectivity index (χ1v) is 29.9. The minimum absolute atomic E-state index is 0.0381. The molecule has 23 heteroatoms. The fourth-order valence-corrected chi connectivity index (χ4v) is 9.45. The van der Waals surface area contributed by atoms with Crippen LogP contribution in [0, 0.1) is 11.8 Å². The van der Waals surface area contributed by atoms with Gasteiger partial charge in [0.2, 0.25) is 53.2 Å². The molecule has 0 fully saturated rings. The Morgan fingerprint density at radius 3 is 1.34 bits per heavy atom.